The summed E-state index contributed by atoms with van der Waals surface area (Å²) in [6.07, 6.45) is 8.19. The molecule has 1 saturated carbocycles. The van der Waals surface area contributed by atoms with Crippen molar-refractivity contribution >= 4 is 22.6 Å². The van der Waals surface area contributed by atoms with Crippen molar-refractivity contribution in [1.29, 1.82) is 0 Å². The third kappa shape index (κ3) is 10.2. The third-order valence-electron chi connectivity index (χ3n) is 7.93. The van der Waals surface area contributed by atoms with Gasteiger partial charge in [-0.15, -0.1) is 0 Å². The molecule has 0 aromatic rings. The maximum Gasteiger partial charge on any atom is 0.328 e. The number of carboxylic acids is 1. The van der Waals surface area contributed by atoms with Gasteiger partial charge in [-0.25, -0.2) is 4.79 Å². The number of rotatable bonds is 12. The van der Waals surface area contributed by atoms with Crippen molar-refractivity contribution in [2.24, 2.45) is 11.8 Å². The highest BCUT2D eigenvalue weighted by molar-refractivity contribution is 6.74. The van der Waals surface area contributed by atoms with E-state index in [9.17, 15) is 15.0 Å². The molecule has 1 fully saturated rings. The lowest BCUT2D eigenvalue weighted by Gasteiger charge is -2.41. The van der Waals surface area contributed by atoms with E-state index < -0.39 is 28.7 Å². The summed E-state index contributed by atoms with van der Waals surface area (Å²) in [5, 5.41) is 18.9. The van der Waals surface area contributed by atoms with Crippen molar-refractivity contribution < 1.29 is 28.6 Å². The van der Waals surface area contributed by atoms with Gasteiger partial charge in [0.1, 0.15) is 0 Å². The van der Waals surface area contributed by atoms with Crippen LogP contribution in [-0.4, -0.2) is 64.3 Å². The number of hydrogen-bond acceptors (Lipinski definition) is 5. The topological polar surface area (TPSA) is 85.2 Å². The van der Waals surface area contributed by atoms with E-state index in [2.05, 4.69) is 73.8 Å². The second-order valence-electron chi connectivity index (χ2n) is 13.2. The molecule has 5 atom stereocenters. The Balaban J connectivity index is 3.24. The SMILES string of the molecule is C[C@H](O)COC/C=C/[C@H]1C[C@H](O[Si](C)(C)C(C)(C)C)C[C@H]1[C@@H](/C=C/C(=O)O)O[Si](C)(C)C(C)(C)C. The molecule has 35 heavy (non-hydrogen) atoms. The minimum atomic E-state index is -2.15. The molecule has 0 aromatic carbocycles. The van der Waals surface area contributed by atoms with E-state index in [1.807, 2.05) is 6.08 Å². The van der Waals surface area contributed by atoms with Crippen LogP contribution in [0.25, 0.3) is 0 Å². The van der Waals surface area contributed by atoms with Crippen LogP contribution in [-0.2, 0) is 18.4 Å². The smallest absolute Gasteiger partial charge is 0.328 e. The molecule has 1 aliphatic carbocycles. The molecule has 1 aliphatic rings. The second kappa shape index (κ2) is 12.6. The number of aliphatic hydroxyl groups excluding tert-OH is 1. The molecular formula is C27H52O6Si2. The predicted molar refractivity (Wildman–Crippen MR) is 149 cm³/mol. The summed E-state index contributed by atoms with van der Waals surface area (Å²) in [5.74, 6) is -0.657. The van der Waals surface area contributed by atoms with Crippen molar-refractivity contribution in [2.75, 3.05) is 13.2 Å². The molecular weight excluding hydrogens is 476 g/mol. The van der Waals surface area contributed by atoms with Gasteiger partial charge in [0.2, 0.25) is 0 Å². The average Bonchev–Trinajstić information content (AvgIpc) is 3.04. The van der Waals surface area contributed by atoms with E-state index in [1.54, 1.807) is 13.0 Å². The van der Waals surface area contributed by atoms with E-state index in [-0.39, 0.29) is 34.1 Å². The van der Waals surface area contributed by atoms with Gasteiger partial charge in [-0.05, 0) is 73.9 Å². The molecule has 0 amide bonds. The Kier molecular flexibility index (Phi) is 11.7. The van der Waals surface area contributed by atoms with Gasteiger partial charge in [0.05, 0.1) is 25.4 Å². The molecule has 0 bridgehead atoms. The Labute approximate surface area is 216 Å². The van der Waals surface area contributed by atoms with Gasteiger partial charge in [-0.3, -0.25) is 0 Å². The quantitative estimate of drug-likeness (QED) is 0.132. The fourth-order valence-corrected chi connectivity index (χ4v) is 6.51. The Bertz CT molecular complexity index is 731. The molecule has 0 heterocycles. The highest BCUT2D eigenvalue weighted by atomic mass is 28.4. The van der Waals surface area contributed by atoms with Gasteiger partial charge in [0.15, 0.2) is 16.6 Å². The van der Waals surface area contributed by atoms with E-state index >= 15 is 0 Å². The van der Waals surface area contributed by atoms with E-state index in [0.29, 0.717) is 13.2 Å². The number of carbonyl (C=O) groups is 1. The van der Waals surface area contributed by atoms with Gasteiger partial charge in [0.25, 0.3) is 0 Å². The number of ether oxygens (including phenoxy) is 1. The first kappa shape index (κ1) is 32.3. The second-order valence-corrected chi connectivity index (χ2v) is 22.7. The molecule has 204 valence electrons. The summed E-state index contributed by atoms with van der Waals surface area (Å²) in [7, 11) is -4.10. The largest absolute Gasteiger partial charge is 0.478 e. The first-order valence-electron chi connectivity index (χ1n) is 13.0. The van der Waals surface area contributed by atoms with Crippen molar-refractivity contribution in [3.05, 3.63) is 24.3 Å². The Morgan fingerprint density at radius 3 is 2.09 bits per heavy atom. The van der Waals surface area contributed by atoms with Gasteiger partial charge in [0, 0.05) is 12.2 Å². The zero-order valence-electron chi connectivity index (χ0n) is 24.1. The van der Waals surface area contributed by atoms with E-state index in [0.717, 1.165) is 12.8 Å². The van der Waals surface area contributed by atoms with Crippen LogP contribution in [0, 0.1) is 11.8 Å². The van der Waals surface area contributed by atoms with Gasteiger partial charge in [-0.1, -0.05) is 53.7 Å². The molecule has 0 aromatic heterocycles. The summed E-state index contributed by atoms with van der Waals surface area (Å²) < 4.78 is 19.2. The summed E-state index contributed by atoms with van der Waals surface area (Å²) in [4.78, 5) is 11.4. The van der Waals surface area contributed by atoms with Crippen LogP contribution in [0.2, 0.25) is 36.3 Å². The van der Waals surface area contributed by atoms with E-state index in [1.165, 1.54) is 6.08 Å². The van der Waals surface area contributed by atoms with Crippen molar-refractivity contribution in [2.45, 2.75) is 116 Å². The number of allylic oxidation sites excluding steroid dienone is 1. The van der Waals surface area contributed by atoms with Crippen LogP contribution < -0.4 is 0 Å². The molecule has 0 aliphatic heterocycles. The molecule has 2 N–H and O–H groups in total. The van der Waals surface area contributed by atoms with Crippen molar-refractivity contribution in [3.8, 4) is 0 Å². The predicted octanol–water partition coefficient (Wildman–Crippen LogP) is 6.39. The maximum atomic E-state index is 11.4. The maximum absolute atomic E-state index is 11.4. The van der Waals surface area contributed by atoms with Gasteiger partial charge >= 0.3 is 5.97 Å². The molecule has 1 rings (SSSR count). The fourth-order valence-electron chi connectivity index (χ4n) is 3.84. The lowest BCUT2D eigenvalue weighted by molar-refractivity contribution is -0.131. The minimum absolute atomic E-state index is 0.0120. The average molecular weight is 529 g/mol. The summed E-state index contributed by atoms with van der Waals surface area (Å²) >= 11 is 0. The zero-order valence-corrected chi connectivity index (χ0v) is 26.1. The highest BCUT2D eigenvalue weighted by Gasteiger charge is 2.46. The molecule has 0 saturated heterocycles. The van der Waals surface area contributed by atoms with Gasteiger partial charge in [-0.2, -0.15) is 0 Å². The number of aliphatic carboxylic acids is 1. The molecule has 8 heteroatoms. The van der Waals surface area contributed by atoms with Crippen LogP contribution >= 0.6 is 0 Å². The standard InChI is InChI=1S/C27H52O6Si2/c1-20(28)19-31-16-12-13-21-17-22(32-34(8,9)26(2,3)4)18-23(21)24(14-15-25(29)30)33-35(10,11)27(5,6)7/h12-15,20-24,28H,16-19H2,1-11H3,(H,29,30)/b13-12+,15-14+/t20-,21-,22-,23+,24+/m0/s1. The highest BCUT2D eigenvalue weighted by Crippen LogP contribution is 2.46. The minimum Gasteiger partial charge on any atom is -0.478 e. The summed E-state index contributed by atoms with van der Waals surface area (Å²) in [6, 6.07) is 0. The third-order valence-corrected chi connectivity index (χ3v) is 16.9. The zero-order chi connectivity index (χ0) is 27.2. The molecule has 0 spiro atoms. The first-order valence-corrected chi connectivity index (χ1v) is 18.8. The fraction of sp³-hybridized carbons (Fsp3) is 0.815. The van der Waals surface area contributed by atoms with Crippen molar-refractivity contribution in [3.63, 3.8) is 0 Å². The van der Waals surface area contributed by atoms with Crippen LogP contribution in [0.3, 0.4) is 0 Å². The summed E-state index contributed by atoms with van der Waals surface area (Å²) in [6.45, 7) is 24.8. The van der Waals surface area contributed by atoms with Crippen LogP contribution in [0.15, 0.2) is 24.3 Å². The number of hydrogen-bond donors (Lipinski definition) is 2. The van der Waals surface area contributed by atoms with Crippen molar-refractivity contribution in [1.82, 2.24) is 0 Å². The Hall–Kier alpha value is -0.776. The monoisotopic (exact) mass is 528 g/mol. The Morgan fingerprint density at radius 2 is 1.60 bits per heavy atom. The van der Waals surface area contributed by atoms with Crippen LogP contribution in [0.5, 0.6) is 0 Å². The first-order chi connectivity index (χ1) is 15.8. The molecule has 6 nitrogen and oxygen atoms in total. The number of carboxylic acid groups (broad SMARTS) is 1. The molecule has 0 unspecified atom stereocenters. The Morgan fingerprint density at radius 1 is 1.03 bits per heavy atom. The lowest BCUT2D eigenvalue weighted by Crippen LogP contribution is -2.46. The van der Waals surface area contributed by atoms with E-state index in [4.69, 9.17) is 13.6 Å². The van der Waals surface area contributed by atoms with Crippen LogP contribution in [0.4, 0.5) is 0 Å². The normalized spacial score (nSPS) is 24.4. The summed E-state index contributed by atoms with van der Waals surface area (Å²) in [5.41, 5.74) is 0. The van der Waals surface area contributed by atoms with Crippen LogP contribution in [0.1, 0.15) is 61.3 Å². The lowest BCUT2D eigenvalue weighted by atomic mass is 9.90. The number of aliphatic hydroxyl groups is 1. The molecule has 0 radical (unpaired) electrons. The van der Waals surface area contributed by atoms with Gasteiger partial charge < -0.3 is 23.8 Å².